The van der Waals surface area contributed by atoms with Gasteiger partial charge in [0, 0.05) is 40.4 Å². The smallest absolute Gasteiger partial charge is 0.338 e. The van der Waals surface area contributed by atoms with Crippen molar-refractivity contribution in [2.75, 3.05) is 0 Å². The fourth-order valence-corrected chi connectivity index (χ4v) is 3.77. The molecule has 1 aliphatic carbocycles. The zero-order valence-corrected chi connectivity index (χ0v) is 19.9. The van der Waals surface area contributed by atoms with Crippen LogP contribution in [0.15, 0.2) is 65.3 Å². The lowest BCUT2D eigenvalue weighted by molar-refractivity contribution is -0.173. The third-order valence-corrected chi connectivity index (χ3v) is 6.24. The number of carbonyl (C=O) groups is 3. The normalized spacial score (nSPS) is 18.7. The van der Waals surface area contributed by atoms with Crippen LogP contribution in [-0.2, 0) is 25.7 Å². The molecule has 0 radical (unpaired) electrons. The summed E-state index contributed by atoms with van der Waals surface area (Å²) in [6, 6.07) is 6.86. The average molecular weight is 501 g/mol. The van der Waals surface area contributed by atoms with Crippen molar-refractivity contribution in [3.8, 4) is 5.69 Å². The third kappa shape index (κ3) is 5.35. The molecule has 192 valence electrons. The number of allylic oxidation sites excluding steroid dienone is 3. The number of aliphatic hydroxyl groups is 5. The summed E-state index contributed by atoms with van der Waals surface area (Å²) in [4.78, 5) is 41.0. The van der Waals surface area contributed by atoms with E-state index >= 15 is 0 Å². The highest BCUT2D eigenvalue weighted by molar-refractivity contribution is 6.25. The molecule has 5 atom stereocenters. The minimum atomic E-state index is -2.27. The zero-order valence-electron chi connectivity index (χ0n) is 19.9. The Kier molecular flexibility index (Phi) is 8.33. The predicted molar refractivity (Wildman–Crippen MR) is 124 cm³/mol. The molecule has 11 heteroatoms. The van der Waals surface area contributed by atoms with Crippen LogP contribution in [0.1, 0.15) is 26.3 Å². The monoisotopic (exact) mass is 500 g/mol. The zero-order chi connectivity index (χ0) is 26.7. The molecule has 1 aromatic carbocycles. The summed E-state index contributed by atoms with van der Waals surface area (Å²) in [5.41, 5.74) is 1.11. The van der Waals surface area contributed by atoms with Gasteiger partial charge in [-0.05, 0) is 38.5 Å². The van der Waals surface area contributed by atoms with Gasteiger partial charge in [-0.25, -0.2) is 9.78 Å². The van der Waals surface area contributed by atoms with E-state index in [2.05, 4.69) is 4.98 Å². The quantitative estimate of drug-likeness (QED) is 0.223. The van der Waals surface area contributed by atoms with E-state index in [4.69, 9.17) is 4.74 Å². The molecule has 3 rings (SSSR count). The Labute approximate surface area is 206 Å². The van der Waals surface area contributed by atoms with E-state index in [0.717, 1.165) is 5.69 Å². The number of esters is 1. The van der Waals surface area contributed by atoms with Crippen molar-refractivity contribution in [3.63, 3.8) is 0 Å². The molecule has 5 unspecified atom stereocenters. The first-order valence-electron chi connectivity index (χ1n) is 11.1. The summed E-state index contributed by atoms with van der Waals surface area (Å²) >= 11 is 0. The molecule has 36 heavy (non-hydrogen) atoms. The molecule has 5 N–H and O–H groups in total. The lowest BCUT2D eigenvalue weighted by atomic mass is 9.81. The lowest BCUT2D eigenvalue weighted by Gasteiger charge is -2.31. The van der Waals surface area contributed by atoms with Gasteiger partial charge < -0.3 is 34.8 Å². The summed E-state index contributed by atoms with van der Waals surface area (Å²) in [6.45, 7) is 3.88. The van der Waals surface area contributed by atoms with E-state index in [1.54, 1.807) is 47.6 Å². The van der Waals surface area contributed by atoms with Gasteiger partial charge >= 0.3 is 5.97 Å². The maximum atomic E-state index is 12.6. The first-order chi connectivity index (χ1) is 17.0. The SMILES string of the molecule is CC1=C(C)C(=O)C(C(O)C(O)C(O)C(O)C(O)C(=O)OCc2ccc(-n3ccnc3)cc2)=C(C)C1=O. The molecule has 1 aliphatic rings. The van der Waals surface area contributed by atoms with Crippen molar-refractivity contribution < 1.29 is 44.7 Å². The highest BCUT2D eigenvalue weighted by atomic mass is 16.5. The molecule has 0 saturated carbocycles. The van der Waals surface area contributed by atoms with Gasteiger partial charge in [0.1, 0.15) is 31.0 Å². The van der Waals surface area contributed by atoms with E-state index in [9.17, 15) is 39.9 Å². The fraction of sp³-hybridized carbons (Fsp3) is 0.360. The number of benzene rings is 1. The second-order valence-electron chi connectivity index (χ2n) is 8.55. The Hall–Kier alpha value is -3.48. The van der Waals surface area contributed by atoms with Crippen LogP contribution in [0.25, 0.3) is 5.69 Å². The molecule has 11 nitrogen and oxygen atoms in total. The van der Waals surface area contributed by atoms with Crippen LogP contribution in [0.5, 0.6) is 0 Å². The topological polar surface area (TPSA) is 179 Å². The van der Waals surface area contributed by atoms with Crippen LogP contribution < -0.4 is 0 Å². The number of aromatic nitrogens is 2. The van der Waals surface area contributed by atoms with Crippen LogP contribution in [0, 0.1) is 0 Å². The van der Waals surface area contributed by atoms with E-state index < -0.39 is 53.6 Å². The molecule has 1 heterocycles. The van der Waals surface area contributed by atoms with Crippen LogP contribution in [0.4, 0.5) is 0 Å². The maximum Gasteiger partial charge on any atom is 0.338 e. The van der Waals surface area contributed by atoms with Crippen molar-refractivity contribution in [2.24, 2.45) is 0 Å². The van der Waals surface area contributed by atoms with Crippen LogP contribution in [0.3, 0.4) is 0 Å². The van der Waals surface area contributed by atoms with Crippen LogP contribution in [-0.4, -0.2) is 83.1 Å². The van der Waals surface area contributed by atoms with E-state index in [-0.39, 0.29) is 23.3 Å². The van der Waals surface area contributed by atoms with E-state index in [1.165, 1.54) is 20.8 Å². The summed E-state index contributed by atoms with van der Waals surface area (Å²) in [7, 11) is 0. The Morgan fingerprint density at radius 2 is 1.50 bits per heavy atom. The van der Waals surface area contributed by atoms with Gasteiger partial charge in [0.2, 0.25) is 0 Å². The van der Waals surface area contributed by atoms with Crippen molar-refractivity contribution in [1.82, 2.24) is 9.55 Å². The van der Waals surface area contributed by atoms with E-state index in [0.29, 0.717) is 5.56 Å². The van der Waals surface area contributed by atoms with Gasteiger partial charge in [-0.15, -0.1) is 0 Å². The Morgan fingerprint density at radius 1 is 0.889 bits per heavy atom. The first-order valence-corrected chi connectivity index (χ1v) is 11.1. The van der Waals surface area contributed by atoms with Gasteiger partial charge in [0.25, 0.3) is 0 Å². The number of hydrogen-bond donors (Lipinski definition) is 5. The number of hydrogen-bond acceptors (Lipinski definition) is 10. The maximum absolute atomic E-state index is 12.6. The van der Waals surface area contributed by atoms with Crippen LogP contribution >= 0.6 is 0 Å². The number of imidazole rings is 1. The third-order valence-electron chi connectivity index (χ3n) is 6.24. The van der Waals surface area contributed by atoms with Crippen molar-refractivity contribution >= 4 is 17.5 Å². The molecule has 2 aromatic rings. The molecule has 1 aromatic heterocycles. The van der Waals surface area contributed by atoms with Gasteiger partial charge in [-0.1, -0.05) is 12.1 Å². The number of ketones is 2. The van der Waals surface area contributed by atoms with E-state index in [1.807, 2.05) is 0 Å². The average Bonchev–Trinajstić information content (AvgIpc) is 3.43. The molecule has 0 bridgehead atoms. The summed E-state index contributed by atoms with van der Waals surface area (Å²) < 4.78 is 6.75. The number of Topliss-reactive ketones (excluding diaryl/α,β-unsaturated/α-hetero) is 2. The van der Waals surface area contributed by atoms with Gasteiger partial charge in [-0.2, -0.15) is 0 Å². The molecule has 0 saturated heterocycles. The minimum Gasteiger partial charge on any atom is -0.459 e. The lowest BCUT2D eigenvalue weighted by Crippen LogP contribution is -2.52. The van der Waals surface area contributed by atoms with Gasteiger partial charge in [-0.3, -0.25) is 9.59 Å². The molecule has 0 aliphatic heterocycles. The van der Waals surface area contributed by atoms with Crippen molar-refractivity contribution in [3.05, 3.63) is 70.8 Å². The molecule has 0 fully saturated rings. The Bertz CT molecular complexity index is 1200. The first kappa shape index (κ1) is 27.1. The molecule has 0 spiro atoms. The number of ether oxygens (including phenoxy) is 1. The summed E-state index contributed by atoms with van der Waals surface area (Å²) in [5.74, 6) is -2.49. The number of aliphatic hydroxyl groups excluding tert-OH is 5. The van der Waals surface area contributed by atoms with Crippen molar-refractivity contribution in [1.29, 1.82) is 0 Å². The standard InChI is InChI=1S/C25H28N2O9/c1-12-13(2)19(29)17(14(3)18(12)28)20(30)21(31)22(32)23(33)24(34)25(35)36-10-15-4-6-16(7-5-15)27-9-8-26-11-27/h4-9,11,20-24,30-34H,10H2,1-3H3. The summed E-state index contributed by atoms with van der Waals surface area (Å²) in [5, 5.41) is 51.6. The van der Waals surface area contributed by atoms with Gasteiger partial charge in [0.15, 0.2) is 17.7 Å². The molecule has 0 amide bonds. The molecular formula is C25H28N2O9. The fourth-order valence-electron chi connectivity index (χ4n) is 3.77. The number of nitrogens with zero attached hydrogens (tertiary/aromatic N) is 2. The largest absolute Gasteiger partial charge is 0.459 e. The number of carbonyl (C=O) groups excluding carboxylic acids is 3. The van der Waals surface area contributed by atoms with Crippen molar-refractivity contribution in [2.45, 2.75) is 57.9 Å². The second-order valence-corrected chi connectivity index (χ2v) is 8.55. The highest BCUT2D eigenvalue weighted by Crippen LogP contribution is 2.28. The molecular weight excluding hydrogens is 472 g/mol. The predicted octanol–water partition coefficient (Wildman–Crippen LogP) is -0.475. The highest BCUT2D eigenvalue weighted by Gasteiger charge is 2.42. The Balaban J connectivity index is 1.61. The minimum absolute atomic E-state index is 0.0727. The van der Waals surface area contributed by atoms with Crippen LogP contribution in [0.2, 0.25) is 0 Å². The Morgan fingerprint density at radius 3 is 2.08 bits per heavy atom. The summed E-state index contributed by atoms with van der Waals surface area (Å²) in [6.07, 6.45) is -6.07. The number of rotatable bonds is 9. The van der Waals surface area contributed by atoms with Gasteiger partial charge in [0.05, 0.1) is 6.33 Å². The second kappa shape index (κ2) is 11.1.